The molecule has 1 saturated heterocycles. The zero-order valence-electron chi connectivity index (χ0n) is 14.2. The highest BCUT2D eigenvalue weighted by atomic mass is 16.7. The number of carbonyl (C=O) groups is 1. The summed E-state index contributed by atoms with van der Waals surface area (Å²) in [4.78, 5) is 11.5. The van der Waals surface area contributed by atoms with E-state index in [2.05, 4.69) is 11.9 Å². The summed E-state index contributed by atoms with van der Waals surface area (Å²) in [6.45, 7) is 4.98. The molecule has 1 aromatic rings. The van der Waals surface area contributed by atoms with Crippen molar-refractivity contribution in [2.45, 2.75) is 44.2 Å². The lowest BCUT2D eigenvalue weighted by Gasteiger charge is -2.43. The Labute approximate surface area is 147 Å². The topological polar surface area (TPSA) is 97.2 Å². The lowest BCUT2D eigenvalue weighted by atomic mass is 9.96. The van der Waals surface area contributed by atoms with E-state index in [4.69, 9.17) is 14.2 Å². The molecule has 7 heteroatoms. The van der Waals surface area contributed by atoms with Gasteiger partial charge in [-0.05, 0) is 5.56 Å². The highest BCUT2D eigenvalue weighted by molar-refractivity contribution is 5.73. The highest BCUT2D eigenvalue weighted by Gasteiger charge is 2.46. The van der Waals surface area contributed by atoms with Gasteiger partial charge in [-0.15, -0.1) is 6.58 Å². The van der Waals surface area contributed by atoms with E-state index in [0.717, 1.165) is 5.56 Å². The van der Waals surface area contributed by atoms with Gasteiger partial charge in [-0.25, -0.2) is 0 Å². The average molecular weight is 351 g/mol. The van der Waals surface area contributed by atoms with Gasteiger partial charge in [0.05, 0.1) is 19.8 Å². The minimum Gasteiger partial charge on any atom is -0.394 e. The maximum absolute atomic E-state index is 11.5. The summed E-state index contributed by atoms with van der Waals surface area (Å²) in [6, 6.07) is 8.63. The summed E-state index contributed by atoms with van der Waals surface area (Å²) in [7, 11) is 0. The van der Waals surface area contributed by atoms with Crippen molar-refractivity contribution in [2.24, 2.45) is 0 Å². The monoisotopic (exact) mass is 351 g/mol. The van der Waals surface area contributed by atoms with Crippen LogP contribution in [0.15, 0.2) is 43.0 Å². The van der Waals surface area contributed by atoms with Crippen LogP contribution in [-0.4, -0.2) is 60.0 Å². The van der Waals surface area contributed by atoms with Crippen LogP contribution in [0.5, 0.6) is 0 Å². The maximum atomic E-state index is 11.5. The molecule has 2 rings (SSSR count). The smallest absolute Gasteiger partial charge is 0.217 e. The largest absolute Gasteiger partial charge is 0.394 e. The van der Waals surface area contributed by atoms with Crippen molar-refractivity contribution in [1.82, 2.24) is 5.32 Å². The van der Waals surface area contributed by atoms with Crippen LogP contribution in [0, 0.1) is 0 Å². The molecule has 0 bridgehead atoms. The molecule has 1 aliphatic heterocycles. The zero-order valence-corrected chi connectivity index (χ0v) is 14.2. The Morgan fingerprint density at radius 3 is 2.68 bits per heavy atom. The normalized spacial score (nSPS) is 29.2. The number of hydrogen-bond acceptors (Lipinski definition) is 6. The standard InChI is InChI=1S/C18H25NO6/c1-3-9-23-18-15(19-12(2)21)16(22)17(14(10-20)25-18)24-11-13-7-5-4-6-8-13/h3-8,14-18,20,22H,1,9-11H2,2H3,(H,19,21)/t14-,15-,16-,17-,18-/m1/s1. The van der Waals surface area contributed by atoms with E-state index in [1.807, 2.05) is 30.3 Å². The van der Waals surface area contributed by atoms with E-state index in [1.165, 1.54) is 13.0 Å². The third-order valence-electron chi connectivity index (χ3n) is 3.89. The molecular weight excluding hydrogens is 326 g/mol. The minimum absolute atomic E-state index is 0.182. The summed E-state index contributed by atoms with van der Waals surface area (Å²) < 4.78 is 17.0. The van der Waals surface area contributed by atoms with Crippen molar-refractivity contribution in [1.29, 1.82) is 0 Å². The Kier molecular flexibility index (Phi) is 7.54. The highest BCUT2D eigenvalue weighted by Crippen LogP contribution is 2.25. The number of benzene rings is 1. The van der Waals surface area contributed by atoms with Crippen LogP contribution in [0.3, 0.4) is 0 Å². The van der Waals surface area contributed by atoms with Crippen LogP contribution in [0.1, 0.15) is 12.5 Å². The number of ether oxygens (including phenoxy) is 3. The minimum atomic E-state index is -1.10. The first-order valence-corrected chi connectivity index (χ1v) is 8.16. The molecule has 0 aromatic heterocycles. The lowest BCUT2D eigenvalue weighted by Crippen LogP contribution is -2.65. The van der Waals surface area contributed by atoms with E-state index in [0.29, 0.717) is 0 Å². The number of aliphatic hydroxyl groups excluding tert-OH is 2. The van der Waals surface area contributed by atoms with Gasteiger partial charge in [0.1, 0.15) is 24.4 Å². The fraction of sp³-hybridized carbons (Fsp3) is 0.500. The summed E-state index contributed by atoms with van der Waals surface area (Å²) in [6.07, 6.45) is -2.07. The van der Waals surface area contributed by atoms with Gasteiger partial charge in [-0.2, -0.15) is 0 Å². The predicted molar refractivity (Wildman–Crippen MR) is 90.5 cm³/mol. The van der Waals surface area contributed by atoms with Crippen LogP contribution < -0.4 is 5.32 Å². The van der Waals surface area contributed by atoms with Gasteiger partial charge in [0, 0.05) is 6.92 Å². The average Bonchev–Trinajstić information content (AvgIpc) is 2.61. The van der Waals surface area contributed by atoms with E-state index in [-0.39, 0.29) is 25.7 Å². The lowest BCUT2D eigenvalue weighted by molar-refractivity contribution is -0.277. The van der Waals surface area contributed by atoms with Gasteiger partial charge in [0.25, 0.3) is 0 Å². The second-order valence-electron chi connectivity index (χ2n) is 5.83. The van der Waals surface area contributed by atoms with E-state index >= 15 is 0 Å². The van der Waals surface area contributed by atoms with Gasteiger partial charge in [0.15, 0.2) is 6.29 Å². The molecule has 3 N–H and O–H groups in total. The predicted octanol–water partition coefficient (Wildman–Crippen LogP) is 0.357. The van der Waals surface area contributed by atoms with Crippen LogP contribution in [0.25, 0.3) is 0 Å². The second-order valence-corrected chi connectivity index (χ2v) is 5.83. The Balaban J connectivity index is 2.11. The Hall–Kier alpha value is -1.77. The molecule has 7 nitrogen and oxygen atoms in total. The second kappa shape index (κ2) is 9.65. The molecule has 1 aliphatic rings. The number of amides is 1. The molecule has 0 spiro atoms. The molecule has 1 fully saturated rings. The van der Waals surface area contributed by atoms with Crippen LogP contribution >= 0.6 is 0 Å². The molecule has 0 unspecified atom stereocenters. The molecule has 1 amide bonds. The summed E-state index contributed by atoms with van der Waals surface area (Å²) in [5, 5.41) is 22.9. The first-order chi connectivity index (χ1) is 12.1. The fourth-order valence-corrected chi connectivity index (χ4v) is 2.73. The van der Waals surface area contributed by atoms with Crippen molar-refractivity contribution >= 4 is 5.91 Å². The van der Waals surface area contributed by atoms with Gasteiger partial charge < -0.3 is 29.7 Å². The SMILES string of the molecule is C=CCO[C@@H]1O[C@H](CO)[C@@H](OCc2ccccc2)[C@H](O)[C@H]1NC(C)=O. The molecule has 138 valence electrons. The van der Waals surface area contributed by atoms with E-state index < -0.39 is 30.6 Å². The maximum Gasteiger partial charge on any atom is 0.217 e. The molecule has 0 saturated carbocycles. The number of aliphatic hydroxyl groups is 2. The van der Waals surface area contributed by atoms with Crippen molar-refractivity contribution in [3.8, 4) is 0 Å². The molecule has 0 radical (unpaired) electrons. The summed E-state index contributed by atoms with van der Waals surface area (Å²) in [5.74, 6) is -0.330. The molecular formula is C18H25NO6. The van der Waals surface area contributed by atoms with Gasteiger partial charge >= 0.3 is 0 Å². The van der Waals surface area contributed by atoms with Crippen LogP contribution in [-0.2, 0) is 25.6 Å². The first-order valence-electron chi connectivity index (χ1n) is 8.16. The van der Waals surface area contributed by atoms with Crippen LogP contribution in [0.2, 0.25) is 0 Å². The first kappa shape index (κ1) is 19.6. The number of rotatable bonds is 8. The molecule has 0 aliphatic carbocycles. The quantitative estimate of drug-likeness (QED) is 0.585. The molecule has 25 heavy (non-hydrogen) atoms. The molecule has 1 heterocycles. The Morgan fingerprint density at radius 2 is 2.08 bits per heavy atom. The van der Waals surface area contributed by atoms with E-state index in [9.17, 15) is 15.0 Å². The third-order valence-corrected chi connectivity index (χ3v) is 3.89. The van der Waals surface area contributed by atoms with E-state index in [1.54, 1.807) is 0 Å². The number of hydrogen-bond donors (Lipinski definition) is 3. The number of carbonyl (C=O) groups excluding carboxylic acids is 1. The van der Waals surface area contributed by atoms with Crippen molar-refractivity contribution < 1.29 is 29.2 Å². The van der Waals surface area contributed by atoms with Crippen molar-refractivity contribution in [3.63, 3.8) is 0 Å². The van der Waals surface area contributed by atoms with Gasteiger partial charge in [-0.1, -0.05) is 36.4 Å². The number of nitrogens with one attached hydrogen (secondary N) is 1. The summed E-state index contributed by atoms with van der Waals surface area (Å²) in [5.41, 5.74) is 0.924. The fourth-order valence-electron chi connectivity index (χ4n) is 2.73. The van der Waals surface area contributed by atoms with Crippen LogP contribution in [0.4, 0.5) is 0 Å². The molecule has 5 atom stereocenters. The van der Waals surface area contributed by atoms with Crippen molar-refractivity contribution in [3.05, 3.63) is 48.6 Å². The zero-order chi connectivity index (χ0) is 18.2. The van der Waals surface area contributed by atoms with Crippen molar-refractivity contribution in [2.75, 3.05) is 13.2 Å². The Morgan fingerprint density at radius 1 is 1.36 bits per heavy atom. The third kappa shape index (κ3) is 5.35. The van der Waals surface area contributed by atoms with Gasteiger partial charge in [-0.3, -0.25) is 4.79 Å². The Bertz CT molecular complexity index is 552. The summed E-state index contributed by atoms with van der Waals surface area (Å²) >= 11 is 0. The van der Waals surface area contributed by atoms with Gasteiger partial charge in [0.2, 0.25) is 5.91 Å². The molecule has 1 aromatic carbocycles.